The zero-order valence-electron chi connectivity index (χ0n) is 6.69. The Hall–Kier alpha value is 0.350. The molecular weight excluding hydrogens is 116 g/mol. The molecule has 52 valence electrons. The van der Waals surface area contributed by atoms with Crippen LogP contribution in [0.4, 0.5) is 0 Å². The summed E-state index contributed by atoms with van der Waals surface area (Å²) in [5, 5.41) is 0.933. The maximum Gasteiger partial charge on any atom is -0.0150 e. The van der Waals surface area contributed by atoms with Gasteiger partial charge < -0.3 is 0 Å². The first-order valence-electron chi connectivity index (χ1n) is 3.15. The summed E-state index contributed by atoms with van der Waals surface area (Å²) < 4.78 is 0. The predicted molar refractivity (Wildman–Crippen MR) is 45.1 cm³/mol. The molecule has 0 N–H and O–H groups in total. The SMILES string of the molecule is CCC(C)S(C)(C)C. The number of hydrogen-bond acceptors (Lipinski definition) is 0. The average molecular weight is 134 g/mol. The van der Waals surface area contributed by atoms with Gasteiger partial charge in [-0.25, -0.2) is 10.0 Å². The summed E-state index contributed by atoms with van der Waals surface area (Å²) in [6.45, 7) is 4.61. The summed E-state index contributed by atoms with van der Waals surface area (Å²) in [6, 6.07) is 0. The van der Waals surface area contributed by atoms with E-state index >= 15 is 0 Å². The van der Waals surface area contributed by atoms with Gasteiger partial charge in [-0.2, -0.15) is 0 Å². The third-order valence-electron chi connectivity index (χ3n) is 1.78. The molecule has 0 aromatic rings. The molecule has 8 heavy (non-hydrogen) atoms. The summed E-state index contributed by atoms with van der Waals surface area (Å²) in [6.07, 6.45) is 8.46. The Labute approximate surface area is 55.0 Å². The Kier molecular flexibility index (Phi) is 2.89. The standard InChI is InChI=1S/C7H18S/c1-6-7(2)8(3,4)5/h7H,6H2,1-5H3. The summed E-state index contributed by atoms with van der Waals surface area (Å²) in [4.78, 5) is 0. The average Bonchev–Trinajstić information content (AvgIpc) is 1.62. The fraction of sp³-hybridized carbons (Fsp3) is 1.00. The first kappa shape index (κ1) is 8.35. The van der Waals surface area contributed by atoms with Gasteiger partial charge in [0.2, 0.25) is 0 Å². The van der Waals surface area contributed by atoms with Crippen molar-refractivity contribution >= 4 is 10.0 Å². The van der Waals surface area contributed by atoms with Gasteiger partial charge in [-0.1, -0.05) is 13.8 Å². The van der Waals surface area contributed by atoms with Crippen molar-refractivity contribution in [1.29, 1.82) is 0 Å². The van der Waals surface area contributed by atoms with Crippen molar-refractivity contribution in [2.45, 2.75) is 25.5 Å². The summed E-state index contributed by atoms with van der Waals surface area (Å²) >= 11 is 0. The number of hydrogen-bond donors (Lipinski definition) is 0. The van der Waals surface area contributed by atoms with Gasteiger partial charge in [0.15, 0.2) is 0 Å². The molecule has 0 fully saturated rings. The molecule has 0 radical (unpaired) electrons. The van der Waals surface area contributed by atoms with Crippen molar-refractivity contribution < 1.29 is 0 Å². The summed E-state index contributed by atoms with van der Waals surface area (Å²) in [5.41, 5.74) is 0. The van der Waals surface area contributed by atoms with E-state index < -0.39 is 0 Å². The van der Waals surface area contributed by atoms with E-state index in [0.717, 1.165) is 5.25 Å². The Balaban J connectivity index is 3.62. The molecule has 0 amide bonds. The summed E-state index contributed by atoms with van der Waals surface area (Å²) in [5.74, 6) is 0. The van der Waals surface area contributed by atoms with Gasteiger partial charge in [0.05, 0.1) is 0 Å². The highest BCUT2D eigenvalue weighted by atomic mass is 32.3. The lowest BCUT2D eigenvalue weighted by molar-refractivity contribution is 0.897. The predicted octanol–water partition coefficient (Wildman–Crippen LogP) is 2.48. The fourth-order valence-electron chi connectivity index (χ4n) is 0.500. The molecule has 0 aliphatic carbocycles. The normalized spacial score (nSPS) is 18.1. The zero-order valence-corrected chi connectivity index (χ0v) is 7.51. The minimum Gasteiger partial charge on any atom is -0.247 e. The smallest absolute Gasteiger partial charge is 0.0150 e. The molecule has 1 unspecified atom stereocenters. The van der Waals surface area contributed by atoms with Crippen LogP contribution >= 0.6 is 10.0 Å². The Morgan fingerprint density at radius 3 is 1.62 bits per heavy atom. The lowest BCUT2D eigenvalue weighted by atomic mass is 10.4. The van der Waals surface area contributed by atoms with E-state index in [1.165, 1.54) is 6.42 Å². The van der Waals surface area contributed by atoms with Gasteiger partial charge in [-0.3, -0.25) is 0 Å². The van der Waals surface area contributed by atoms with Crippen molar-refractivity contribution in [2.24, 2.45) is 0 Å². The second-order valence-corrected chi connectivity index (χ2v) is 7.82. The first-order chi connectivity index (χ1) is 3.48. The fourth-order valence-corrected chi connectivity index (χ4v) is 1.50. The minimum atomic E-state index is -0.253. The topological polar surface area (TPSA) is 0 Å². The molecule has 1 atom stereocenters. The highest BCUT2D eigenvalue weighted by Gasteiger charge is 2.10. The second-order valence-electron chi connectivity index (χ2n) is 3.15. The highest BCUT2D eigenvalue weighted by molar-refractivity contribution is 8.32. The molecule has 0 aromatic carbocycles. The van der Waals surface area contributed by atoms with Crippen molar-refractivity contribution in [3.8, 4) is 0 Å². The van der Waals surface area contributed by atoms with Crippen LogP contribution in [0.15, 0.2) is 0 Å². The third kappa shape index (κ3) is 2.61. The highest BCUT2D eigenvalue weighted by Crippen LogP contribution is 2.41. The Morgan fingerprint density at radius 2 is 1.62 bits per heavy atom. The Morgan fingerprint density at radius 1 is 1.25 bits per heavy atom. The van der Waals surface area contributed by atoms with Gasteiger partial charge in [0, 0.05) is 0 Å². The zero-order chi connectivity index (χ0) is 6.78. The monoisotopic (exact) mass is 134 g/mol. The van der Waals surface area contributed by atoms with Gasteiger partial charge >= 0.3 is 0 Å². The van der Waals surface area contributed by atoms with E-state index in [-0.39, 0.29) is 10.0 Å². The molecule has 0 bridgehead atoms. The lowest BCUT2D eigenvalue weighted by Gasteiger charge is -2.32. The van der Waals surface area contributed by atoms with Crippen molar-refractivity contribution in [1.82, 2.24) is 0 Å². The molecule has 0 heterocycles. The molecule has 0 aliphatic heterocycles. The molecule has 0 aliphatic rings. The third-order valence-corrected chi connectivity index (χ3v) is 4.53. The van der Waals surface area contributed by atoms with Gasteiger partial charge in [0.1, 0.15) is 0 Å². The van der Waals surface area contributed by atoms with E-state index in [1.54, 1.807) is 0 Å². The van der Waals surface area contributed by atoms with Crippen LogP contribution in [0.5, 0.6) is 0 Å². The molecule has 0 saturated carbocycles. The molecule has 0 aromatic heterocycles. The molecule has 1 heteroatoms. The van der Waals surface area contributed by atoms with Crippen LogP contribution in [0.2, 0.25) is 0 Å². The van der Waals surface area contributed by atoms with E-state index in [1.807, 2.05) is 0 Å². The largest absolute Gasteiger partial charge is 0.247 e. The van der Waals surface area contributed by atoms with Crippen molar-refractivity contribution in [2.75, 3.05) is 18.8 Å². The van der Waals surface area contributed by atoms with Crippen LogP contribution in [0.3, 0.4) is 0 Å². The lowest BCUT2D eigenvalue weighted by Crippen LogP contribution is -2.09. The molecule has 0 saturated heterocycles. The van der Waals surface area contributed by atoms with Crippen LogP contribution in [0.25, 0.3) is 0 Å². The van der Waals surface area contributed by atoms with E-state index in [2.05, 4.69) is 32.6 Å². The Bertz CT molecular complexity index is 61.3. The molecule has 0 spiro atoms. The maximum atomic E-state index is 2.38. The van der Waals surface area contributed by atoms with E-state index in [0.29, 0.717) is 0 Å². The van der Waals surface area contributed by atoms with Crippen molar-refractivity contribution in [3.05, 3.63) is 0 Å². The minimum absolute atomic E-state index is 0.253. The maximum absolute atomic E-state index is 2.38. The first-order valence-corrected chi connectivity index (χ1v) is 6.07. The van der Waals surface area contributed by atoms with Crippen molar-refractivity contribution in [3.63, 3.8) is 0 Å². The second kappa shape index (κ2) is 2.77. The van der Waals surface area contributed by atoms with E-state index in [4.69, 9.17) is 0 Å². The molecule has 0 nitrogen and oxygen atoms in total. The van der Waals surface area contributed by atoms with Gasteiger partial charge in [-0.15, -0.1) is 0 Å². The van der Waals surface area contributed by atoms with Crippen LogP contribution in [0, 0.1) is 0 Å². The molecule has 0 rings (SSSR count). The summed E-state index contributed by atoms with van der Waals surface area (Å²) in [7, 11) is -0.253. The van der Waals surface area contributed by atoms with Crippen LogP contribution < -0.4 is 0 Å². The molecular formula is C7H18S. The van der Waals surface area contributed by atoms with E-state index in [9.17, 15) is 0 Å². The van der Waals surface area contributed by atoms with Crippen LogP contribution in [-0.2, 0) is 0 Å². The van der Waals surface area contributed by atoms with Crippen LogP contribution in [0.1, 0.15) is 20.3 Å². The van der Waals surface area contributed by atoms with Gasteiger partial charge in [-0.05, 0) is 30.4 Å². The van der Waals surface area contributed by atoms with Gasteiger partial charge in [0.25, 0.3) is 0 Å². The number of rotatable bonds is 2. The quantitative estimate of drug-likeness (QED) is 0.544. The van der Waals surface area contributed by atoms with Crippen LogP contribution in [-0.4, -0.2) is 24.0 Å².